The van der Waals surface area contributed by atoms with Crippen LogP contribution < -0.4 is 5.32 Å². The van der Waals surface area contributed by atoms with E-state index in [0.29, 0.717) is 12.8 Å². The van der Waals surface area contributed by atoms with Gasteiger partial charge in [0.25, 0.3) is 0 Å². The maximum absolute atomic E-state index is 12.3. The van der Waals surface area contributed by atoms with Crippen LogP contribution in [0, 0.1) is 13.8 Å². The zero-order chi connectivity index (χ0) is 18.5. The van der Waals surface area contributed by atoms with Gasteiger partial charge < -0.3 is 10.3 Å². The Hall–Kier alpha value is -2.67. The summed E-state index contributed by atoms with van der Waals surface area (Å²) in [6.45, 7) is 3.93. The molecule has 0 radical (unpaired) electrons. The predicted molar refractivity (Wildman–Crippen MR) is 104 cm³/mol. The molecular weight excluding hydrogens is 346 g/mol. The van der Waals surface area contributed by atoms with Gasteiger partial charge in [0, 0.05) is 41.5 Å². The lowest BCUT2D eigenvalue weighted by molar-refractivity contribution is -0.116. The van der Waals surface area contributed by atoms with Crippen molar-refractivity contribution in [3.8, 4) is 11.4 Å². The number of thioether (sulfide) groups is 1. The van der Waals surface area contributed by atoms with Crippen molar-refractivity contribution >= 4 is 23.4 Å². The fraction of sp³-hybridized carbons (Fsp3) is 0.263. The number of hydrogen-bond donors (Lipinski definition) is 2. The number of benzene rings is 1. The molecule has 0 saturated carbocycles. The fourth-order valence-corrected chi connectivity index (χ4v) is 3.21. The molecule has 7 heteroatoms. The van der Waals surface area contributed by atoms with Gasteiger partial charge in [0.2, 0.25) is 5.91 Å². The van der Waals surface area contributed by atoms with E-state index < -0.39 is 0 Å². The van der Waals surface area contributed by atoms with Crippen molar-refractivity contribution in [2.75, 3.05) is 11.6 Å². The van der Waals surface area contributed by atoms with Gasteiger partial charge in [-0.3, -0.25) is 4.79 Å². The second-order valence-electron chi connectivity index (χ2n) is 5.92. The van der Waals surface area contributed by atoms with Gasteiger partial charge in [0.1, 0.15) is 5.82 Å². The van der Waals surface area contributed by atoms with Crippen LogP contribution in [0.4, 0.5) is 5.69 Å². The third-order valence-electron chi connectivity index (χ3n) is 4.13. The molecule has 0 aliphatic heterocycles. The lowest BCUT2D eigenvalue weighted by atomic mass is 10.1. The van der Waals surface area contributed by atoms with Gasteiger partial charge in [-0.2, -0.15) is 0 Å². The first-order valence-corrected chi connectivity index (χ1v) is 9.57. The van der Waals surface area contributed by atoms with Gasteiger partial charge in [-0.1, -0.05) is 11.8 Å². The number of H-pyrrole nitrogens is 1. The molecule has 6 nitrogen and oxygen atoms in total. The van der Waals surface area contributed by atoms with E-state index in [4.69, 9.17) is 0 Å². The van der Waals surface area contributed by atoms with E-state index in [9.17, 15) is 4.79 Å². The Labute approximate surface area is 156 Å². The Morgan fingerprint density at radius 2 is 1.85 bits per heavy atom. The molecule has 3 rings (SSSR count). The monoisotopic (exact) mass is 367 g/mol. The third kappa shape index (κ3) is 4.29. The van der Waals surface area contributed by atoms with E-state index in [-0.39, 0.29) is 5.91 Å². The topological polar surface area (TPSA) is 83.6 Å². The van der Waals surface area contributed by atoms with Gasteiger partial charge in [-0.25, -0.2) is 15.0 Å². The maximum Gasteiger partial charge on any atom is 0.224 e. The highest BCUT2D eigenvalue weighted by Gasteiger charge is 2.11. The first-order valence-electron chi connectivity index (χ1n) is 8.34. The molecule has 26 heavy (non-hydrogen) atoms. The summed E-state index contributed by atoms with van der Waals surface area (Å²) in [6.07, 6.45) is 6.47. The summed E-state index contributed by atoms with van der Waals surface area (Å²) in [6, 6.07) is 7.61. The second kappa shape index (κ2) is 8.14. The Balaban J connectivity index is 1.59. The van der Waals surface area contributed by atoms with Gasteiger partial charge in [0.15, 0.2) is 5.16 Å². The molecule has 0 saturated heterocycles. The summed E-state index contributed by atoms with van der Waals surface area (Å²) in [5.41, 5.74) is 4.68. The number of carbonyl (C=O) groups excluding carboxylic acids is 1. The summed E-state index contributed by atoms with van der Waals surface area (Å²) in [4.78, 5) is 28.5. The standard InChI is InChI=1S/C19H21N5OS/c1-12-16(13(2)23-19(22-12)26-3)8-9-17(25)24-15-6-4-14(5-7-15)18-20-10-11-21-18/h4-7,10-11H,8-9H2,1-3H3,(H,20,21)(H,24,25). The Morgan fingerprint density at radius 3 is 2.42 bits per heavy atom. The zero-order valence-electron chi connectivity index (χ0n) is 15.0. The molecule has 0 fully saturated rings. The molecule has 1 amide bonds. The normalized spacial score (nSPS) is 10.7. The molecule has 2 aromatic heterocycles. The molecule has 0 bridgehead atoms. The predicted octanol–water partition coefficient (Wildman–Crippen LogP) is 3.78. The highest BCUT2D eigenvalue weighted by Crippen LogP contribution is 2.19. The number of rotatable bonds is 6. The van der Waals surface area contributed by atoms with E-state index in [2.05, 4.69) is 25.3 Å². The first kappa shape index (κ1) is 18.1. The van der Waals surface area contributed by atoms with E-state index >= 15 is 0 Å². The van der Waals surface area contributed by atoms with E-state index in [1.807, 2.05) is 44.4 Å². The molecule has 0 aliphatic carbocycles. The first-order chi connectivity index (χ1) is 12.6. The van der Waals surface area contributed by atoms with Crippen LogP contribution in [0.15, 0.2) is 41.8 Å². The molecule has 134 valence electrons. The minimum absolute atomic E-state index is 0.0245. The number of amides is 1. The Morgan fingerprint density at radius 1 is 1.15 bits per heavy atom. The minimum atomic E-state index is -0.0245. The van der Waals surface area contributed by atoms with Gasteiger partial charge in [-0.15, -0.1) is 0 Å². The van der Waals surface area contributed by atoms with Crippen LogP contribution in [0.3, 0.4) is 0 Å². The van der Waals surface area contributed by atoms with Crippen LogP contribution in [0.2, 0.25) is 0 Å². The zero-order valence-corrected chi connectivity index (χ0v) is 15.9. The fourth-order valence-electron chi connectivity index (χ4n) is 2.76. The van der Waals surface area contributed by atoms with Gasteiger partial charge in [-0.05, 0) is 56.4 Å². The highest BCUT2D eigenvalue weighted by atomic mass is 32.2. The van der Waals surface area contributed by atoms with Crippen LogP contribution >= 0.6 is 11.8 Å². The van der Waals surface area contributed by atoms with Crippen molar-refractivity contribution in [3.63, 3.8) is 0 Å². The van der Waals surface area contributed by atoms with Crippen molar-refractivity contribution in [2.24, 2.45) is 0 Å². The number of aromatic amines is 1. The number of aromatic nitrogens is 4. The minimum Gasteiger partial charge on any atom is -0.345 e. The van der Waals surface area contributed by atoms with Crippen molar-refractivity contribution in [3.05, 3.63) is 53.6 Å². The van der Waals surface area contributed by atoms with E-state index in [0.717, 1.165) is 39.2 Å². The number of carbonyl (C=O) groups is 1. The number of hydrogen-bond acceptors (Lipinski definition) is 5. The van der Waals surface area contributed by atoms with Gasteiger partial charge >= 0.3 is 0 Å². The largest absolute Gasteiger partial charge is 0.345 e. The molecule has 0 spiro atoms. The molecule has 0 aliphatic rings. The molecule has 2 N–H and O–H groups in total. The SMILES string of the molecule is CSc1nc(C)c(CCC(=O)Nc2ccc(-c3ncc[nH]3)cc2)c(C)n1. The van der Waals surface area contributed by atoms with Crippen LogP contribution in [0.5, 0.6) is 0 Å². The summed E-state index contributed by atoms with van der Waals surface area (Å²) in [5.74, 6) is 0.783. The summed E-state index contributed by atoms with van der Waals surface area (Å²) < 4.78 is 0. The van der Waals surface area contributed by atoms with E-state index in [1.165, 1.54) is 11.8 Å². The van der Waals surface area contributed by atoms with Gasteiger partial charge in [0.05, 0.1) is 0 Å². The van der Waals surface area contributed by atoms with Crippen LogP contribution in [-0.4, -0.2) is 32.1 Å². The summed E-state index contributed by atoms with van der Waals surface area (Å²) >= 11 is 1.52. The summed E-state index contributed by atoms with van der Waals surface area (Å²) in [7, 11) is 0. The third-order valence-corrected chi connectivity index (χ3v) is 4.67. The number of nitrogens with zero attached hydrogens (tertiary/aromatic N) is 3. The van der Waals surface area contributed by atoms with E-state index in [1.54, 1.807) is 12.4 Å². The Bertz CT molecular complexity index is 868. The maximum atomic E-state index is 12.3. The van der Waals surface area contributed by atoms with Crippen molar-refractivity contribution < 1.29 is 4.79 Å². The van der Waals surface area contributed by atoms with Crippen LogP contribution in [0.25, 0.3) is 11.4 Å². The van der Waals surface area contributed by atoms with Crippen molar-refractivity contribution in [1.82, 2.24) is 19.9 Å². The molecule has 0 unspecified atom stereocenters. The molecule has 3 aromatic rings. The lowest BCUT2D eigenvalue weighted by Crippen LogP contribution is -2.13. The van der Waals surface area contributed by atoms with Crippen LogP contribution in [0.1, 0.15) is 23.4 Å². The molecule has 1 aromatic carbocycles. The Kier molecular flexibility index (Phi) is 5.68. The number of aryl methyl sites for hydroxylation is 2. The average molecular weight is 367 g/mol. The number of anilines is 1. The van der Waals surface area contributed by atoms with Crippen LogP contribution in [-0.2, 0) is 11.2 Å². The molecule has 0 atom stereocenters. The lowest BCUT2D eigenvalue weighted by Gasteiger charge is -2.10. The quantitative estimate of drug-likeness (QED) is 0.512. The second-order valence-corrected chi connectivity index (χ2v) is 6.70. The number of imidazole rings is 1. The van der Waals surface area contributed by atoms with Crippen molar-refractivity contribution in [1.29, 1.82) is 0 Å². The van der Waals surface area contributed by atoms with Crippen molar-refractivity contribution in [2.45, 2.75) is 31.8 Å². The smallest absolute Gasteiger partial charge is 0.224 e. The highest BCUT2D eigenvalue weighted by molar-refractivity contribution is 7.98. The molecule has 2 heterocycles. The average Bonchev–Trinajstić information content (AvgIpc) is 3.16. The summed E-state index contributed by atoms with van der Waals surface area (Å²) in [5, 5.41) is 3.70. The molecular formula is C19H21N5OS. The number of nitrogens with one attached hydrogen (secondary N) is 2.